The number of halogens is 1. The van der Waals surface area contributed by atoms with Crippen LogP contribution in [0.5, 0.6) is 0 Å². The van der Waals surface area contributed by atoms with E-state index in [0.717, 1.165) is 5.56 Å². The molecule has 0 saturated carbocycles. The lowest BCUT2D eigenvalue weighted by Crippen LogP contribution is -2.05. The Labute approximate surface area is 151 Å². The minimum Gasteiger partial charge on any atom is -0.338 e. The lowest BCUT2D eigenvalue weighted by Gasteiger charge is -2.04. The lowest BCUT2D eigenvalue weighted by atomic mass is 10.0. The first-order chi connectivity index (χ1) is 11.8. The van der Waals surface area contributed by atoms with Crippen LogP contribution >= 0.6 is 11.6 Å². The molecule has 0 fully saturated rings. The van der Waals surface area contributed by atoms with Gasteiger partial charge in [-0.15, -0.1) is 0 Å². The highest BCUT2D eigenvalue weighted by atomic mass is 35.5. The largest absolute Gasteiger partial charge is 0.338 e. The van der Waals surface area contributed by atoms with Gasteiger partial charge in [-0.05, 0) is 35.7 Å². The number of hydrogen-bond donors (Lipinski definition) is 0. The summed E-state index contributed by atoms with van der Waals surface area (Å²) in [6, 6.07) is 13.8. The first-order valence-electron chi connectivity index (χ1n) is 7.76. The fraction of sp³-hybridized carbons (Fsp3) is 0.222. The van der Waals surface area contributed by atoms with Gasteiger partial charge >= 0.3 is 0 Å². The van der Waals surface area contributed by atoms with Crippen molar-refractivity contribution in [3.8, 4) is 11.4 Å². The fourth-order valence-corrected chi connectivity index (χ4v) is 3.62. The van der Waals surface area contributed by atoms with Crippen LogP contribution in [0.4, 0.5) is 0 Å². The minimum absolute atomic E-state index is 0.0536. The number of rotatable bonds is 5. The van der Waals surface area contributed by atoms with Crippen molar-refractivity contribution in [1.29, 1.82) is 0 Å². The molecule has 3 aromatic rings. The second-order valence-electron chi connectivity index (χ2n) is 6.00. The molecule has 1 heterocycles. The van der Waals surface area contributed by atoms with E-state index in [1.165, 1.54) is 29.8 Å². The molecule has 0 radical (unpaired) electrons. The van der Waals surface area contributed by atoms with Gasteiger partial charge < -0.3 is 4.52 Å². The Morgan fingerprint density at radius 2 is 1.68 bits per heavy atom. The summed E-state index contributed by atoms with van der Waals surface area (Å²) in [6.07, 6.45) is 0. The van der Waals surface area contributed by atoms with Crippen LogP contribution < -0.4 is 0 Å². The Bertz CT molecular complexity index is 962. The maximum atomic E-state index is 12.4. The standard InChI is InChI=1S/C18H17ClN2O3S/c1-12(2)13-3-5-14(6-4-13)18-20-17(24-21-18)11-25(22,23)16-9-7-15(19)8-10-16/h3-10,12H,11H2,1-2H3. The van der Waals surface area contributed by atoms with Crippen molar-refractivity contribution in [3.63, 3.8) is 0 Å². The van der Waals surface area contributed by atoms with Crippen LogP contribution in [0.2, 0.25) is 5.02 Å². The molecule has 130 valence electrons. The highest BCUT2D eigenvalue weighted by Gasteiger charge is 2.20. The molecule has 25 heavy (non-hydrogen) atoms. The van der Waals surface area contributed by atoms with Crippen molar-refractivity contribution in [3.05, 3.63) is 65.0 Å². The molecule has 0 unspecified atom stereocenters. The summed E-state index contributed by atoms with van der Waals surface area (Å²) in [5, 5.41) is 4.36. The normalized spacial score (nSPS) is 11.8. The van der Waals surface area contributed by atoms with Crippen LogP contribution in [0.15, 0.2) is 57.9 Å². The molecule has 0 aliphatic rings. The molecule has 3 rings (SSSR count). The highest BCUT2D eigenvalue weighted by molar-refractivity contribution is 7.90. The Hall–Kier alpha value is -2.18. The number of hydrogen-bond acceptors (Lipinski definition) is 5. The lowest BCUT2D eigenvalue weighted by molar-refractivity contribution is 0.389. The summed E-state index contributed by atoms with van der Waals surface area (Å²) in [5.74, 6) is 0.500. The minimum atomic E-state index is -3.57. The molecular weight excluding hydrogens is 360 g/mol. The van der Waals surface area contributed by atoms with Crippen LogP contribution in [0.1, 0.15) is 31.2 Å². The fourth-order valence-electron chi connectivity index (χ4n) is 2.34. The van der Waals surface area contributed by atoms with Crippen LogP contribution in [-0.2, 0) is 15.6 Å². The van der Waals surface area contributed by atoms with Crippen molar-refractivity contribution in [2.24, 2.45) is 0 Å². The number of benzene rings is 2. The zero-order valence-corrected chi connectivity index (χ0v) is 15.4. The molecular formula is C18H17ClN2O3S. The molecule has 0 spiro atoms. The van der Waals surface area contributed by atoms with E-state index in [1.54, 1.807) is 0 Å². The van der Waals surface area contributed by atoms with Crippen LogP contribution in [0, 0.1) is 0 Å². The molecule has 2 aromatic carbocycles. The third kappa shape index (κ3) is 4.08. The molecule has 0 atom stereocenters. The molecule has 5 nitrogen and oxygen atoms in total. The van der Waals surface area contributed by atoms with Crippen molar-refractivity contribution >= 4 is 21.4 Å². The molecule has 0 saturated heterocycles. The predicted molar refractivity (Wildman–Crippen MR) is 96.2 cm³/mol. The van der Waals surface area contributed by atoms with E-state index in [2.05, 4.69) is 24.0 Å². The predicted octanol–water partition coefficient (Wildman–Crippen LogP) is 4.49. The van der Waals surface area contributed by atoms with Gasteiger partial charge in [-0.2, -0.15) is 4.98 Å². The molecule has 1 aromatic heterocycles. The zero-order chi connectivity index (χ0) is 18.0. The van der Waals surface area contributed by atoms with Gasteiger partial charge in [0.25, 0.3) is 0 Å². The third-order valence-corrected chi connectivity index (χ3v) is 5.66. The number of nitrogens with zero attached hydrogens (tertiary/aromatic N) is 2. The summed E-state index contributed by atoms with van der Waals surface area (Å²) >= 11 is 5.79. The summed E-state index contributed by atoms with van der Waals surface area (Å²) in [5.41, 5.74) is 1.99. The van der Waals surface area contributed by atoms with E-state index in [-0.39, 0.29) is 16.5 Å². The SMILES string of the molecule is CC(C)c1ccc(-c2noc(CS(=O)(=O)c3ccc(Cl)cc3)n2)cc1. The second kappa shape index (κ2) is 6.98. The Kier molecular flexibility index (Phi) is 4.92. The summed E-state index contributed by atoms with van der Waals surface area (Å²) in [7, 11) is -3.57. The van der Waals surface area contributed by atoms with E-state index in [9.17, 15) is 8.42 Å². The van der Waals surface area contributed by atoms with Gasteiger partial charge in [-0.1, -0.05) is 54.9 Å². The van der Waals surface area contributed by atoms with Crippen molar-refractivity contribution < 1.29 is 12.9 Å². The van der Waals surface area contributed by atoms with Gasteiger partial charge in [-0.3, -0.25) is 0 Å². The topological polar surface area (TPSA) is 73.1 Å². The van der Waals surface area contributed by atoms with E-state index in [4.69, 9.17) is 16.1 Å². The molecule has 0 N–H and O–H groups in total. The van der Waals surface area contributed by atoms with Crippen molar-refractivity contribution in [2.45, 2.75) is 30.4 Å². The van der Waals surface area contributed by atoms with Crippen molar-refractivity contribution in [2.75, 3.05) is 0 Å². The smallest absolute Gasteiger partial charge is 0.242 e. The van der Waals surface area contributed by atoms with Crippen molar-refractivity contribution in [1.82, 2.24) is 10.1 Å². The van der Waals surface area contributed by atoms with Gasteiger partial charge in [0.05, 0.1) is 4.90 Å². The first kappa shape index (κ1) is 17.6. The van der Waals surface area contributed by atoms with Crippen LogP contribution in [-0.4, -0.2) is 18.6 Å². The molecule has 0 bridgehead atoms. The van der Waals surface area contributed by atoms with Gasteiger partial charge in [0.15, 0.2) is 9.84 Å². The van der Waals surface area contributed by atoms with Crippen LogP contribution in [0.25, 0.3) is 11.4 Å². The molecule has 0 aliphatic carbocycles. The maximum Gasteiger partial charge on any atom is 0.242 e. The molecule has 7 heteroatoms. The van der Waals surface area contributed by atoms with E-state index in [0.29, 0.717) is 16.8 Å². The molecule has 0 amide bonds. The van der Waals surface area contributed by atoms with Gasteiger partial charge in [-0.25, -0.2) is 8.42 Å². The first-order valence-corrected chi connectivity index (χ1v) is 9.79. The second-order valence-corrected chi connectivity index (χ2v) is 8.43. The molecule has 0 aliphatic heterocycles. The Morgan fingerprint density at radius 3 is 2.28 bits per heavy atom. The Morgan fingerprint density at radius 1 is 1.04 bits per heavy atom. The number of sulfone groups is 1. The third-order valence-electron chi connectivity index (χ3n) is 3.79. The summed E-state index contributed by atoms with van der Waals surface area (Å²) < 4.78 is 29.9. The van der Waals surface area contributed by atoms with Gasteiger partial charge in [0, 0.05) is 10.6 Å². The summed E-state index contributed by atoms with van der Waals surface area (Å²) in [6.45, 7) is 4.23. The van der Waals surface area contributed by atoms with Crippen LogP contribution in [0.3, 0.4) is 0 Å². The number of aromatic nitrogens is 2. The highest BCUT2D eigenvalue weighted by Crippen LogP contribution is 2.22. The van der Waals surface area contributed by atoms with E-state index >= 15 is 0 Å². The van der Waals surface area contributed by atoms with E-state index < -0.39 is 9.84 Å². The van der Waals surface area contributed by atoms with Gasteiger partial charge in [0.1, 0.15) is 5.75 Å². The zero-order valence-electron chi connectivity index (χ0n) is 13.8. The average Bonchev–Trinajstić information content (AvgIpc) is 3.03. The van der Waals surface area contributed by atoms with Gasteiger partial charge in [0.2, 0.25) is 11.7 Å². The Balaban J connectivity index is 1.80. The summed E-state index contributed by atoms with van der Waals surface area (Å²) in [4.78, 5) is 4.37. The average molecular weight is 377 g/mol. The maximum absolute atomic E-state index is 12.4. The van der Waals surface area contributed by atoms with E-state index in [1.807, 2.05) is 24.3 Å². The quantitative estimate of drug-likeness (QED) is 0.656. The monoisotopic (exact) mass is 376 g/mol.